The Morgan fingerprint density at radius 1 is 1.03 bits per heavy atom. The molecule has 2 heterocycles. The lowest BCUT2D eigenvalue weighted by Crippen LogP contribution is -2.29. The average Bonchev–Trinajstić information content (AvgIpc) is 3.13. The van der Waals surface area contributed by atoms with Crippen LogP contribution in [0.4, 0.5) is 0 Å². The van der Waals surface area contributed by atoms with Gasteiger partial charge in [0, 0.05) is 24.5 Å². The van der Waals surface area contributed by atoms with Crippen molar-refractivity contribution >= 4 is 17.4 Å². The van der Waals surface area contributed by atoms with Gasteiger partial charge in [0.2, 0.25) is 0 Å². The number of carbonyl (C=O) groups is 2. The fourth-order valence-electron chi connectivity index (χ4n) is 3.95. The Morgan fingerprint density at radius 3 is 2.35 bits per heavy atom. The van der Waals surface area contributed by atoms with Crippen LogP contribution in [0.2, 0.25) is 0 Å². The average molecular weight is 459 g/mol. The van der Waals surface area contributed by atoms with E-state index >= 15 is 0 Å². The number of aromatic nitrogens is 1. The highest BCUT2D eigenvalue weighted by molar-refractivity contribution is 6.46. The van der Waals surface area contributed by atoms with Crippen molar-refractivity contribution in [3.05, 3.63) is 95.3 Å². The maximum absolute atomic E-state index is 13.2. The highest BCUT2D eigenvalue weighted by Crippen LogP contribution is 2.40. The van der Waals surface area contributed by atoms with Crippen molar-refractivity contribution < 1.29 is 24.2 Å². The minimum atomic E-state index is -0.762. The molecule has 7 nitrogen and oxygen atoms in total. The number of ketones is 1. The van der Waals surface area contributed by atoms with E-state index in [1.165, 1.54) is 4.90 Å². The Morgan fingerprint density at radius 2 is 1.74 bits per heavy atom. The van der Waals surface area contributed by atoms with Gasteiger partial charge in [0.15, 0.2) is 0 Å². The summed E-state index contributed by atoms with van der Waals surface area (Å²) in [7, 11) is 1.57. The second-order valence-electron chi connectivity index (χ2n) is 7.93. The number of methoxy groups -OCH3 is 1. The first-order valence-corrected chi connectivity index (χ1v) is 11.1. The van der Waals surface area contributed by atoms with E-state index in [0.29, 0.717) is 29.2 Å². The quantitative estimate of drug-likeness (QED) is 0.304. The molecule has 7 heteroatoms. The molecule has 0 bridgehead atoms. The van der Waals surface area contributed by atoms with Crippen LogP contribution in [-0.4, -0.2) is 40.4 Å². The summed E-state index contributed by atoms with van der Waals surface area (Å²) in [6.45, 7) is 2.78. The lowest BCUT2D eigenvalue weighted by atomic mass is 9.95. The maximum Gasteiger partial charge on any atom is 0.295 e. The smallest absolute Gasteiger partial charge is 0.295 e. The summed E-state index contributed by atoms with van der Waals surface area (Å²) in [5.74, 6) is -0.310. The van der Waals surface area contributed by atoms with Gasteiger partial charge in [-0.2, -0.15) is 0 Å². The zero-order valence-electron chi connectivity index (χ0n) is 19.1. The van der Waals surface area contributed by atoms with E-state index in [1.807, 2.05) is 13.0 Å². The van der Waals surface area contributed by atoms with Crippen molar-refractivity contribution in [3.63, 3.8) is 0 Å². The van der Waals surface area contributed by atoms with Crippen molar-refractivity contribution in [2.45, 2.75) is 25.9 Å². The van der Waals surface area contributed by atoms with Crippen molar-refractivity contribution in [1.29, 1.82) is 0 Å². The molecule has 2 aromatic carbocycles. The van der Waals surface area contributed by atoms with Crippen LogP contribution in [0.5, 0.6) is 11.5 Å². The number of carbonyl (C=O) groups excluding carboxylic acids is 2. The first kappa shape index (κ1) is 23.0. The Balaban J connectivity index is 1.78. The maximum atomic E-state index is 13.2. The number of aliphatic hydroxyl groups excluding tert-OH is 1. The van der Waals surface area contributed by atoms with Crippen molar-refractivity contribution in [1.82, 2.24) is 9.88 Å². The molecule has 174 valence electrons. The third kappa shape index (κ3) is 4.64. The molecule has 1 aliphatic rings. The van der Waals surface area contributed by atoms with Crippen molar-refractivity contribution in [2.75, 3.05) is 13.7 Å². The lowest BCUT2D eigenvalue weighted by molar-refractivity contribution is -0.140. The molecule has 3 aromatic rings. The van der Waals surface area contributed by atoms with Crippen molar-refractivity contribution in [3.8, 4) is 11.5 Å². The predicted octanol–water partition coefficient (Wildman–Crippen LogP) is 4.50. The zero-order valence-corrected chi connectivity index (χ0v) is 19.1. The molecule has 0 unspecified atom stereocenters. The number of rotatable bonds is 8. The predicted molar refractivity (Wildman–Crippen MR) is 127 cm³/mol. The Hall–Kier alpha value is -4.13. The molecule has 1 N–H and O–H groups in total. The molecule has 0 saturated carbocycles. The SMILES string of the molecule is CCCOc1ccc(C(O)=C2C(=O)C(=O)N(Cc3cccnc3)[C@H]2c2ccc(OC)cc2)cc1. The van der Waals surface area contributed by atoms with Crippen LogP contribution in [0.1, 0.15) is 36.1 Å². The minimum absolute atomic E-state index is 0.0429. The van der Waals surface area contributed by atoms with Crippen LogP contribution in [0.25, 0.3) is 5.76 Å². The van der Waals surface area contributed by atoms with E-state index in [2.05, 4.69) is 4.98 Å². The molecule has 1 saturated heterocycles. The summed E-state index contributed by atoms with van der Waals surface area (Å²) in [5, 5.41) is 11.2. The van der Waals surface area contributed by atoms with Gasteiger partial charge in [-0.3, -0.25) is 14.6 Å². The van der Waals surface area contributed by atoms with Gasteiger partial charge in [-0.25, -0.2) is 0 Å². The number of benzene rings is 2. The number of hydrogen-bond acceptors (Lipinski definition) is 6. The fraction of sp³-hybridized carbons (Fsp3) is 0.222. The van der Waals surface area contributed by atoms with Crippen molar-refractivity contribution in [2.24, 2.45) is 0 Å². The first-order chi connectivity index (χ1) is 16.5. The van der Waals surface area contributed by atoms with E-state index in [9.17, 15) is 14.7 Å². The molecule has 1 fully saturated rings. The van der Waals surface area contributed by atoms with E-state index in [4.69, 9.17) is 9.47 Å². The van der Waals surface area contributed by atoms with E-state index in [-0.39, 0.29) is 17.9 Å². The van der Waals surface area contributed by atoms with E-state index < -0.39 is 17.7 Å². The summed E-state index contributed by atoms with van der Waals surface area (Å²) in [5.41, 5.74) is 1.94. The number of ether oxygens (including phenoxy) is 2. The number of likely N-dealkylation sites (tertiary alicyclic amines) is 1. The molecule has 0 radical (unpaired) electrons. The third-order valence-electron chi connectivity index (χ3n) is 5.65. The molecule has 1 aromatic heterocycles. The van der Waals surface area contributed by atoms with Crippen LogP contribution < -0.4 is 9.47 Å². The number of amides is 1. The number of aliphatic hydroxyl groups is 1. The second-order valence-corrected chi connectivity index (χ2v) is 7.93. The Kier molecular flexibility index (Phi) is 6.92. The van der Waals surface area contributed by atoms with Crippen LogP contribution >= 0.6 is 0 Å². The summed E-state index contributed by atoms with van der Waals surface area (Å²) in [4.78, 5) is 31.8. The van der Waals surface area contributed by atoms with Gasteiger partial charge >= 0.3 is 0 Å². The van der Waals surface area contributed by atoms with E-state index in [1.54, 1.807) is 74.1 Å². The lowest BCUT2D eigenvalue weighted by Gasteiger charge is -2.25. The molecule has 1 aliphatic heterocycles. The molecular formula is C27H26N2O5. The Bertz CT molecular complexity index is 1190. The van der Waals surface area contributed by atoms with Gasteiger partial charge in [-0.1, -0.05) is 25.1 Å². The van der Waals surface area contributed by atoms with Crippen LogP contribution in [0.3, 0.4) is 0 Å². The van der Waals surface area contributed by atoms with Gasteiger partial charge in [0.1, 0.15) is 17.3 Å². The molecular weight excluding hydrogens is 432 g/mol. The zero-order chi connectivity index (χ0) is 24.1. The summed E-state index contributed by atoms with van der Waals surface area (Å²) >= 11 is 0. The molecule has 1 amide bonds. The molecule has 0 spiro atoms. The van der Waals surface area contributed by atoms with Gasteiger partial charge < -0.3 is 19.5 Å². The van der Waals surface area contributed by atoms with Crippen LogP contribution in [-0.2, 0) is 16.1 Å². The number of nitrogens with zero attached hydrogens (tertiary/aromatic N) is 2. The monoisotopic (exact) mass is 458 g/mol. The molecule has 0 aliphatic carbocycles. The van der Waals surface area contributed by atoms with Crippen LogP contribution in [0, 0.1) is 0 Å². The van der Waals surface area contributed by atoms with Gasteiger partial charge in [0.05, 0.1) is 25.3 Å². The molecule has 4 rings (SSSR count). The highest BCUT2D eigenvalue weighted by Gasteiger charge is 2.46. The van der Waals surface area contributed by atoms with Crippen LogP contribution in [0.15, 0.2) is 78.6 Å². The number of pyridine rings is 1. The van der Waals surface area contributed by atoms with E-state index in [0.717, 1.165) is 12.0 Å². The largest absolute Gasteiger partial charge is 0.507 e. The summed E-state index contributed by atoms with van der Waals surface area (Å²) in [6, 6.07) is 16.8. The standard InChI is InChI=1S/C27H26N2O5/c1-3-15-34-22-12-8-20(9-13-22)25(30)23-24(19-6-10-21(33-2)11-7-19)29(27(32)26(23)31)17-18-5-4-14-28-16-18/h4-14,16,24,30H,3,15,17H2,1-2H3/t24-/m0/s1. The summed E-state index contributed by atoms with van der Waals surface area (Å²) < 4.78 is 10.9. The van der Waals surface area contributed by atoms with Gasteiger partial charge in [-0.05, 0) is 60.0 Å². The first-order valence-electron chi connectivity index (χ1n) is 11.1. The minimum Gasteiger partial charge on any atom is -0.507 e. The molecule has 34 heavy (non-hydrogen) atoms. The summed E-state index contributed by atoms with van der Waals surface area (Å²) in [6.07, 6.45) is 4.18. The Labute approximate surface area is 198 Å². The number of hydrogen-bond donors (Lipinski definition) is 1. The fourth-order valence-corrected chi connectivity index (χ4v) is 3.95. The highest BCUT2D eigenvalue weighted by atomic mass is 16.5. The topological polar surface area (TPSA) is 89.0 Å². The van der Waals surface area contributed by atoms with Gasteiger partial charge in [0.25, 0.3) is 11.7 Å². The normalized spacial score (nSPS) is 17.1. The third-order valence-corrected chi connectivity index (χ3v) is 5.65. The second kappa shape index (κ2) is 10.2. The number of Topliss-reactive ketones (excluding diaryl/α,β-unsaturated/α-hetero) is 1. The van der Waals surface area contributed by atoms with Gasteiger partial charge in [-0.15, -0.1) is 0 Å². The molecule has 1 atom stereocenters.